The van der Waals surface area contributed by atoms with E-state index in [0.29, 0.717) is 54.8 Å². The van der Waals surface area contributed by atoms with Gasteiger partial charge in [-0.2, -0.15) is 13.2 Å². The fourth-order valence-corrected chi connectivity index (χ4v) is 5.59. The van der Waals surface area contributed by atoms with Crippen molar-refractivity contribution in [3.8, 4) is 0 Å². The van der Waals surface area contributed by atoms with Gasteiger partial charge in [0.1, 0.15) is 5.82 Å². The Morgan fingerprint density at radius 3 is 2.29 bits per heavy atom. The van der Waals surface area contributed by atoms with Crippen LogP contribution in [-0.2, 0) is 4.79 Å². The molecule has 1 aliphatic heterocycles. The standard InChI is InChI=1S/C18H20Br2F4N2OS/c1-11-7-12(21)13(8-14(11)28-10-18(22,23)24)25-3-5-26(6-4-25)15(27)16(2)9-17(16,19)20/h7-8H,3-6,9-10H2,1-2H3. The Morgan fingerprint density at radius 2 is 1.79 bits per heavy atom. The number of carbonyl (C=O) groups excluding carboxylic acids is 1. The van der Waals surface area contributed by atoms with Gasteiger partial charge in [0, 0.05) is 31.1 Å². The van der Waals surface area contributed by atoms with Gasteiger partial charge in [-0.15, -0.1) is 11.8 Å². The van der Waals surface area contributed by atoms with Gasteiger partial charge >= 0.3 is 6.18 Å². The number of rotatable bonds is 4. The fourth-order valence-electron chi connectivity index (χ4n) is 3.33. The minimum Gasteiger partial charge on any atom is -0.366 e. The summed E-state index contributed by atoms with van der Waals surface area (Å²) in [5, 5.41) is 0. The van der Waals surface area contributed by atoms with Crippen molar-refractivity contribution in [1.82, 2.24) is 4.90 Å². The second-order valence-electron chi connectivity index (χ2n) is 7.47. The molecular weight excluding hydrogens is 528 g/mol. The molecule has 1 aromatic rings. The van der Waals surface area contributed by atoms with E-state index in [1.807, 2.05) is 6.92 Å². The maximum absolute atomic E-state index is 14.5. The molecule has 1 unspecified atom stereocenters. The van der Waals surface area contributed by atoms with E-state index in [4.69, 9.17) is 0 Å². The Hall–Kier alpha value is -0.480. The molecule has 3 rings (SSSR count). The number of hydrogen-bond donors (Lipinski definition) is 0. The van der Waals surface area contributed by atoms with Crippen molar-refractivity contribution in [2.75, 3.05) is 36.8 Å². The molecule has 3 nitrogen and oxygen atoms in total. The number of thioether (sulfide) groups is 1. The number of amides is 1. The van der Waals surface area contributed by atoms with E-state index in [1.165, 1.54) is 12.1 Å². The predicted octanol–water partition coefficient (Wildman–Crippen LogP) is 5.33. The maximum atomic E-state index is 14.5. The summed E-state index contributed by atoms with van der Waals surface area (Å²) in [5.74, 6) is -1.42. The smallest absolute Gasteiger partial charge is 0.366 e. The van der Waals surface area contributed by atoms with Gasteiger partial charge in [0.15, 0.2) is 0 Å². The molecule has 1 saturated heterocycles. The summed E-state index contributed by atoms with van der Waals surface area (Å²) in [5.41, 5.74) is 0.276. The van der Waals surface area contributed by atoms with Crippen LogP contribution in [0.2, 0.25) is 0 Å². The van der Waals surface area contributed by atoms with Gasteiger partial charge in [0.2, 0.25) is 5.91 Å². The average molecular weight is 548 g/mol. The van der Waals surface area contributed by atoms with E-state index in [2.05, 4.69) is 31.9 Å². The number of alkyl halides is 5. The van der Waals surface area contributed by atoms with Crippen LogP contribution >= 0.6 is 43.6 Å². The molecule has 156 valence electrons. The zero-order chi connectivity index (χ0) is 20.9. The molecule has 1 atom stereocenters. The second kappa shape index (κ2) is 7.65. The van der Waals surface area contributed by atoms with Gasteiger partial charge in [-0.25, -0.2) is 4.39 Å². The lowest BCUT2D eigenvalue weighted by Gasteiger charge is -2.38. The molecule has 0 radical (unpaired) electrons. The van der Waals surface area contributed by atoms with Crippen molar-refractivity contribution in [3.63, 3.8) is 0 Å². The molecule has 1 heterocycles. The van der Waals surface area contributed by atoms with Crippen LogP contribution in [0.4, 0.5) is 23.2 Å². The summed E-state index contributed by atoms with van der Waals surface area (Å²) < 4.78 is 51.7. The molecule has 2 aliphatic rings. The van der Waals surface area contributed by atoms with Crippen LogP contribution in [0.3, 0.4) is 0 Å². The lowest BCUT2D eigenvalue weighted by atomic mass is 10.1. The van der Waals surface area contributed by atoms with Crippen molar-refractivity contribution in [2.45, 2.75) is 34.6 Å². The molecule has 1 amide bonds. The summed E-state index contributed by atoms with van der Waals surface area (Å²) in [6, 6.07) is 2.77. The van der Waals surface area contributed by atoms with Crippen LogP contribution in [0.1, 0.15) is 18.9 Å². The third-order valence-electron chi connectivity index (χ3n) is 5.27. The third kappa shape index (κ3) is 4.48. The van der Waals surface area contributed by atoms with Crippen LogP contribution in [0.25, 0.3) is 0 Å². The summed E-state index contributed by atoms with van der Waals surface area (Å²) in [7, 11) is 0. The molecule has 10 heteroatoms. The number of hydrogen-bond acceptors (Lipinski definition) is 3. The highest BCUT2D eigenvalue weighted by Gasteiger charge is 2.67. The van der Waals surface area contributed by atoms with Crippen molar-refractivity contribution < 1.29 is 22.4 Å². The molecule has 2 fully saturated rings. The van der Waals surface area contributed by atoms with Gasteiger partial charge in [0.25, 0.3) is 0 Å². The first-order valence-corrected chi connectivity index (χ1v) is 11.3. The van der Waals surface area contributed by atoms with Crippen LogP contribution in [0, 0.1) is 18.2 Å². The minimum atomic E-state index is -4.28. The van der Waals surface area contributed by atoms with Crippen molar-refractivity contribution in [3.05, 3.63) is 23.5 Å². The summed E-state index contributed by atoms with van der Waals surface area (Å²) >= 11 is 7.67. The molecule has 0 bridgehead atoms. The average Bonchev–Trinajstić information content (AvgIpc) is 3.12. The first-order valence-electron chi connectivity index (χ1n) is 8.76. The van der Waals surface area contributed by atoms with Crippen molar-refractivity contribution >= 4 is 55.2 Å². The number of piperazine rings is 1. The third-order valence-corrected chi connectivity index (χ3v) is 8.81. The lowest BCUT2D eigenvalue weighted by molar-refractivity contribution is -0.136. The number of carbonyl (C=O) groups is 1. The Morgan fingerprint density at radius 1 is 1.21 bits per heavy atom. The van der Waals surface area contributed by atoms with E-state index in [0.717, 1.165) is 0 Å². The Kier molecular flexibility index (Phi) is 6.07. The number of anilines is 1. The molecule has 1 aromatic carbocycles. The van der Waals surface area contributed by atoms with E-state index >= 15 is 0 Å². The van der Waals surface area contributed by atoms with Crippen molar-refractivity contribution in [2.24, 2.45) is 5.41 Å². The van der Waals surface area contributed by atoms with E-state index in [9.17, 15) is 22.4 Å². The van der Waals surface area contributed by atoms with Gasteiger partial charge in [-0.1, -0.05) is 31.9 Å². The van der Waals surface area contributed by atoms with Crippen LogP contribution in [-0.4, -0.2) is 52.1 Å². The zero-order valence-electron chi connectivity index (χ0n) is 15.4. The second-order valence-corrected chi connectivity index (χ2v) is 12.3. The first-order chi connectivity index (χ1) is 12.8. The van der Waals surface area contributed by atoms with E-state index in [1.54, 1.807) is 16.7 Å². The minimum absolute atomic E-state index is 0.0479. The van der Waals surface area contributed by atoms with Gasteiger partial charge < -0.3 is 9.80 Å². The zero-order valence-corrected chi connectivity index (χ0v) is 19.4. The van der Waals surface area contributed by atoms with Gasteiger partial charge in [-0.3, -0.25) is 4.79 Å². The van der Waals surface area contributed by atoms with Crippen LogP contribution in [0.5, 0.6) is 0 Å². The quantitative estimate of drug-likeness (QED) is 0.289. The highest BCUT2D eigenvalue weighted by atomic mass is 79.9. The number of aryl methyl sites for hydroxylation is 1. The summed E-state index contributed by atoms with van der Waals surface area (Å²) in [6.07, 6.45) is -3.58. The molecule has 28 heavy (non-hydrogen) atoms. The number of benzene rings is 1. The predicted molar refractivity (Wildman–Crippen MR) is 110 cm³/mol. The van der Waals surface area contributed by atoms with Crippen molar-refractivity contribution in [1.29, 1.82) is 0 Å². The molecule has 0 aromatic heterocycles. The number of nitrogens with zero attached hydrogens (tertiary/aromatic N) is 2. The monoisotopic (exact) mass is 546 g/mol. The molecule has 0 spiro atoms. The van der Waals surface area contributed by atoms with Crippen LogP contribution < -0.4 is 4.90 Å². The Bertz CT molecular complexity index is 782. The normalized spacial score (nSPS) is 24.4. The largest absolute Gasteiger partial charge is 0.398 e. The fraction of sp³-hybridized carbons (Fsp3) is 0.611. The van der Waals surface area contributed by atoms with Gasteiger partial charge in [0.05, 0.1) is 20.1 Å². The summed E-state index contributed by atoms with van der Waals surface area (Å²) in [6.45, 7) is 5.26. The highest BCUT2D eigenvalue weighted by Crippen LogP contribution is 2.67. The first kappa shape index (κ1) is 22.2. The number of halogens is 6. The Labute approximate surface area is 182 Å². The topological polar surface area (TPSA) is 23.6 Å². The van der Waals surface area contributed by atoms with Gasteiger partial charge in [-0.05, 0) is 38.0 Å². The van der Waals surface area contributed by atoms with Crippen LogP contribution in [0.15, 0.2) is 17.0 Å². The Balaban J connectivity index is 1.68. The lowest BCUT2D eigenvalue weighted by Crippen LogP contribution is -2.51. The maximum Gasteiger partial charge on any atom is 0.398 e. The highest BCUT2D eigenvalue weighted by molar-refractivity contribution is 9.25. The molecule has 1 aliphatic carbocycles. The van der Waals surface area contributed by atoms with E-state index in [-0.39, 0.29) is 14.8 Å². The molecule has 1 saturated carbocycles. The molecule has 0 N–H and O–H groups in total. The molecular formula is C18H20Br2F4N2OS. The van der Waals surface area contributed by atoms with E-state index < -0.39 is 23.2 Å². The summed E-state index contributed by atoms with van der Waals surface area (Å²) in [4.78, 5) is 16.7. The SMILES string of the molecule is Cc1cc(F)c(N2CCN(C(=O)C3(C)CC3(Br)Br)CC2)cc1SCC(F)(F)F.